The minimum atomic E-state index is -0.0780. The third-order valence-corrected chi connectivity index (χ3v) is 3.97. The van der Waals surface area contributed by atoms with E-state index < -0.39 is 0 Å². The maximum absolute atomic E-state index is 12.3. The predicted octanol–water partition coefficient (Wildman–Crippen LogP) is 1.87. The quantitative estimate of drug-likeness (QED) is 0.921. The summed E-state index contributed by atoms with van der Waals surface area (Å²) in [4.78, 5) is 16.3. The lowest BCUT2D eigenvalue weighted by Crippen LogP contribution is -2.48. The average molecular weight is 299 g/mol. The van der Waals surface area contributed by atoms with Gasteiger partial charge in [0.1, 0.15) is 0 Å². The molecule has 1 saturated heterocycles. The van der Waals surface area contributed by atoms with Crippen molar-refractivity contribution in [1.82, 2.24) is 19.6 Å². The number of hydrogen-bond donors (Lipinski definition) is 1. The molecule has 2 heterocycles. The van der Waals surface area contributed by atoms with Gasteiger partial charge in [-0.15, -0.1) is 0 Å². The molecule has 6 nitrogen and oxygen atoms in total. The number of nitrogens with one attached hydrogen (secondary N) is 1. The summed E-state index contributed by atoms with van der Waals surface area (Å²) < 4.78 is 1.79. The Hall–Kier alpha value is -2.34. The first-order chi connectivity index (χ1) is 10.6. The molecule has 1 aromatic carbocycles. The number of carbonyl (C=O) groups excluding carboxylic acids is 1. The van der Waals surface area contributed by atoms with Gasteiger partial charge in [-0.1, -0.05) is 30.3 Å². The molecule has 0 unspecified atom stereocenters. The molecular weight excluding hydrogens is 278 g/mol. The lowest BCUT2D eigenvalue weighted by Gasteiger charge is -2.32. The summed E-state index contributed by atoms with van der Waals surface area (Å²) in [5.74, 6) is 0.588. The van der Waals surface area contributed by atoms with Crippen LogP contribution in [0, 0.1) is 0 Å². The fraction of sp³-hybridized carbons (Fsp3) is 0.375. The monoisotopic (exact) mass is 299 g/mol. The molecule has 0 bridgehead atoms. The van der Waals surface area contributed by atoms with Gasteiger partial charge in [0.15, 0.2) is 5.82 Å². The van der Waals surface area contributed by atoms with Gasteiger partial charge in [0.05, 0.1) is 5.69 Å². The highest BCUT2D eigenvalue weighted by atomic mass is 16.2. The number of anilines is 1. The van der Waals surface area contributed by atoms with Crippen LogP contribution < -0.4 is 5.32 Å². The van der Waals surface area contributed by atoms with Gasteiger partial charge >= 0.3 is 6.03 Å². The molecule has 0 aliphatic carbocycles. The fourth-order valence-corrected chi connectivity index (χ4v) is 2.61. The Labute approximate surface area is 130 Å². The smallest absolute Gasteiger partial charge is 0.322 e. The summed E-state index contributed by atoms with van der Waals surface area (Å²) in [5.41, 5.74) is 2.06. The summed E-state index contributed by atoms with van der Waals surface area (Å²) in [7, 11) is 3.95. The zero-order valence-electron chi connectivity index (χ0n) is 13.0. The van der Waals surface area contributed by atoms with E-state index in [0.29, 0.717) is 5.82 Å². The second-order valence-corrected chi connectivity index (χ2v) is 5.62. The SMILES string of the molecule is CN1CCN(C(=O)Nc2cc(-c3ccccc3)n(C)n2)CC1. The molecule has 1 aliphatic heterocycles. The van der Waals surface area contributed by atoms with Gasteiger partial charge in [0.25, 0.3) is 0 Å². The molecule has 0 radical (unpaired) electrons. The van der Waals surface area contributed by atoms with E-state index in [9.17, 15) is 4.79 Å². The van der Waals surface area contributed by atoms with Crippen LogP contribution in [0.5, 0.6) is 0 Å². The van der Waals surface area contributed by atoms with E-state index in [4.69, 9.17) is 0 Å². The molecule has 0 saturated carbocycles. The van der Waals surface area contributed by atoms with Crippen LogP contribution in [-0.2, 0) is 7.05 Å². The molecule has 1 aromatic heterocycles. The van der Waals surface area contributed by atoms with Gasteiger partial charge in [-0.3, -0.25) is 10.00 Å². The molecule has 2 amide bonds. The van der Waals surface area contributed by atoms with E-state index in [2.05, 4.69) is 22.4 Å². The van der Waals surface area contributed by atoms with E-state index in [1.165, 1.54) is 0 Å². The maximum atomic E-state index is 12.3. The summed E-state index contributed by atoms with van der Waals surface area (Å²) in [5, 5.41) is 7.28. The molecule has 22 heavy (non-hydrogen) atoms. The van der Waals surface area contributed by atoms with Crippen LogP contribution in [0.15, 0.2) is 36.4 Å². The highest BCUT2D eigenvalue weighted by Crippen LogP contribution is 2.21. The standard InChI is InChI=1S/C16H21N5O/c1-19-8-10-21(11-9-19)16(22)17-15-12-14(20(2)18-15)13-6-4-3-5-7-13/h3-7,12H,8-11H2,1-2H3,(H,17,18,22). The van der Waals surface area contributed by atoms with Gasteiger partial charge in [-0.05, 0) is 12.6 Å². The minimum absolute atomic E-state index is 0.0780. The van der Waals surface area contributed by atoms with Crippen LogP contribution in [0.2, 0.25) is 0 Å². The summed E-state index contributed by atoms with van der Waals surface area (Å²) in [6, 6.07) is 11.9. The highest BCUT2D eigenvalue weighted by Gasteiger charge is 2.20. The van der Waals surface area contributed by atoms with Crippen molar-refractivity contribution in [2.24, 2.45) is 7.05 Å². The lowest BCUT2D eigenvalue weighted by molar-refractivity contribution is 0.164. The zero-order chi connectivity index (χ0) is 15.5. The minimum Gasteiger partial charge on any atom is -0.322 e. The molecule has 116 valence electrons. The first-order valence-corrected chi connectivity index (χ1v) is 7.47. The highest BCUT2D eigenvalue weighted by molar-refractivity contribution is 5.89. The summed E-state index contributed by atoms with van der Waals surface area (Å²) >= 11 is 0. The molecule has 0 atom stereocenters. The van der Waals surface area contributed by atoms with Crippen molar-refractivity contribution >= 4 is 11.8 Å². The molecule has 3 rings (SSSR count). The van der Waals surface area contributed by atoms with Crippen molar-refractivity contribution in [2.45, 2.75) is 0 Å². The van der Waals surface area contributed by atoms with Crippen LogP contribution in [-0.4, -0.2) is 58.8 Å². The molecule has 1 fully saturated rings. The molecule has 6 heteroatoms. The molecule has 1 N–H and O–H groups in total. The number of piperazine rings is 1. The Bertz CT molecular complexity index is 644. The Morgan fingerprint density at radius 1 is 1.09 bits per heavy atom. The van der Waals surface area contributed by atoms with E-state index in [1.807, 2.05) is 48.3 Å². The zero-order valence-corrected chi connectivity index (χ0v) is 13.0. The van der Waals surface area contributed by atoms with Gasteiger partial charge in [0.2, 0.25) is 0 Å². The number of hydrogen-bond acceptors (Lipinski definition) is 3. The number of urea groups is 1. The van der Waals surface area contributed by atoms with E-state index in [-0.39, 0.29) is 6.03 Å². The Morgan fingerprint density at radius 3 is 2.45 bits per heavy atom. The number of nitrogens with zero attached hydrogens (tertiary/aromatic N) is 4. The average Bonchev–Trinajstić information content (AvgIpc) is 2.89. The van der Waals surface area contributed by atoms with Crippen molar-refractivity contribution in [2.75, 3.05) is 38.5 Å². The second-order valence-electron chi connectivity index (χ2n) is 5.62. The largest absolute Gasteiger partial charge is 0.323 e. The van der Waals surface area contributed by atoms with Crippen LogP contribution in [0.3, 0.4) is 0 Å². The number of rotatable bonds is 2. The van der Waals surface area contributed by atoms with Crippen LogP contribution in [0.1, 0.15) is 0 Å². The molecular formula is C16H21N5O. The van der Waals surface area contributed by atoms with Gasteiger partial charge in [0, 0.05) is 39.3 Å². The number of benzene rings is 1. The third kappa shape index (κ3) is 3.12. The number of amides is 2. The van der Waals surface area contributed by atoms with Crippen LogP contribution in [0.4, 0.5) is 10.6 Å². The first kappa shape index (κ1) is 14.6. The molecule has 0 spiro atoms. The predicted molar refractivity (Wildman–Crippen MR) is 86.7 cm³/mol. The molecule has 1 aliphatic rings. The maximum Gasteiger partial charge on any atom is 0.323 e. The number of likely N-dealkylation sites (N-methyl/N-ethyl adjacent to an activating group) is 1. The van der Waals surface area contributed by atoms with E-state index in [0.717, 1.165) is 37.4 Å². The number of aromatic nitrogens is 2. The van der Waals surface area contributed by atoms with Crippen molar-refractivity contribution in [3.05, 3.63) is 36.4 Å². The topological polar surface area (TPSA) is 53.4 Å². The number of aryl methyl sites for hydroxylation is 1. The van der Waals surface area contributed by atoms with E-state index in [1.54, 1.807) is 4.68 Å². The van der Waals surface area contributed by atoms with Crippen molar-refractivity contribution in [3.63, 3.8) is 0 Å². The summed E-state index contributed by atoms with van der Waals surface area (Å²) in [6.45, 7) is 3.32. The summed E-state index contributed by atoms with van der Waals surface area (Å²) in [6.07, 6.45) is 0. The van der Waals surface area contributed by atoms with Gasteiger partial charge < -0.3 is 9.80 Å². The van der Waals surface area contributed by atoms with Crippen LogP contribution in [0.25, 0.3) is 11.3 Å². The Kier molecular flexibility index (Phi) is 4.11. The first-order valence-electron chi connectivity index (χ1n) is 7.47. The lowest BCUT2D eigenvalue weighted by atomic mass is 10.1. The molecule has 2 aromatic rings. The van der Waals surface area contributed by atoms with E-state index >= 15 is 0 Å². The van der Waals surface area contributed by atoms with Gasteiger partial charge in [-0.2, -0.15) is 5.10 Å². The Morgan fingerprint density at radius 2 is 1.77 bits per heavy atom. The normalized spacial score (nSPS) is 15.8. The van der Waals surface area contributed by atoms with Crippen molar-refractivity contribution < 1.29 is 4.79 Å². The number of carbonyl (C=O) groups is 1. The second kappa shape index (κ2) is 6.19. The third-order valence-electron chi connectivity index (χ3n) is 3.97. The fourth-order valence-electron chi connectivity index (χ4n) is 2.61. The van der Waals surface area contributed by atoms with Crippen molar-refractivity contribution in [1.29, 1.82) is 0 Å². The van der Waals surface area contributed by atoms with Gasteiger partial charge in [-0.25, -0.2) is 4.79 Å². The van der Waals surface area contributed by atoms with Crippen molar-refractivity contribution in [3.8, 4) is 11.3 Å². The Balaban J connectivity index is 1.70. The van der Waals surface area contributed by atoms with Crippen LogP contribution >= 0.6 is 0 Å².